The molecule has 2 N–H and O–H groups in total. The van der Waals surface area contributed by atoms with Crippen LogP contribution in [0.3, 0.4) is 0 Å². The summed E-state index contributed by atoms with van der Waals surface area (Å²) in [6.45, 7) is 0.632. The van der Waals surface area contributed by atoms with E-state index >= 15 is 0 Å². The summed E-state index contributed by atoms with van der Waals surface area (Å²) in [6, 6.07) is 14.9. The summed E-state index contributed by atoms with van der Waals surface area (Å²) in [5.41, 5.74) is 1.68. The van der Waals surface area contributed by atoms with Crippen molar-refractivity contribution in [1.82, 2.24) is 14.5 Å². The third-order valence-electron chi connectivity index (χ3n) is 4.43. The van der Waals surface area contributed by atoms with E-state index in [9.17, 15) is 13.2 Å². The molecule has 2 heterocycles. The van der Waals surface area contributed by atoms with E-state index < -0.39 is 10.0 Å². The largest absolute Gasteiger partial charge is 0.322 e. The molecule has 1 aliphatic heterocycles. The van der Waals surface area contributed by atoms with Crippen molar-refractivity contribution in [1.29, 1.82) is 0 Å². The molecule has 1 aromatic heterocycles. The fourth-order valence-corrected chi connectivity index (χ4v) is 4.10. The van der Waals surface area contributed by atoms with Gasteiger partial charge in [-0.2, -0.15) is 5.10 Å². The molecular weight excluding hydrogens is 390 g/mol. The monoisotopic (exact) mass is 409 g/mol. The number of benzene rings is 2. The van der Waals surface area contributed by atoms with Crippen LogP contribution in [-0.2, 0) is 10.0 Å². The highest BCUT2D eigenvalue weighted by atomic mass is 32.2. The number of nitrogens with one attached hydrogen (secondary N) is 2. The minimum atomic E-state index is -3.74. The van der Waals surface area contributed by atoms with Gasteiger partial charge >= 0.3 is 0 Å². The van der Waals surface area contributed by atoms with Gasteiger partial charge in [-0.25, -0.2) is 13.1 Å². The van der Waals surface area contributed by atoms with Crippen molar-refractivity contribution in [2.75, 3.05) is 11.9 Å². The topological polar surface area (TPSA) is 105 Å². The number of amidine groups is 1. The normalized spacial score (nSPS) is 13.7. The van der Waals surface area contributed by atoms with Gasteiger partial charge in [0.05, 0.1) is 10.6 Å². The molecular formula is C20H19N5O3S. The zero-order chi connectivity index (χ0) is 20.3. The summed E-state index contributed by atoms with van der Waals surface area (Å²) < 4.78 is 29.3. The standard InChI is InChI=1S/C20H19N5O3S/c26-20(15-7-9-17(10-8-15)25-13-3-12-22-25)23-16-4-1-5-18(14-16)29(27,28)24-19-6-2-11-21-19/h1,3-5,7-10,12-14H,2,6,11H2,(H,21,24)(H,23,26). The van der Waals surface area contributed by atoms with Gasteiger partial charge in [-0.3, -0.25) is 14.5 Å². The number of rotatable bonds is 5. The minimum Gasteiger partial charge on any atom is -0.322 e. The lowest BCUT2D eigenvalue weighted by Gasteiger charge is -2.10. The fourth-order valence-electron chi connectivity index (χ4n) is 2.97. The summed E-state index contributed by atoms with van der Waals surface area (Å²) in [5, 5.41) is 6.88. The lowest BCUT2D eigenvalue weighted by molar-refractivity contribution is 0.102. The van der Waals surface area contributed by atoms with Crippen LogP contribution in [0, 0.1) is 0 Å². The van der Waals surface area contributed by atoms with Crippen molar-refractivity contribution < 1.29 is 13.2 Å². The lowest BCUT2D eigenvalue weighted by Crippen LogP contribution is -2.29. The summed E-state index contributed by atoms with van der Waals surface area (Å²) in [7, 11) is -3.74. The SMILES string of the molecule is O=C(Nc1cccc(S(=O)(=O)NC2=NCCC2)c1)c1ccc(-n2cccn2)cc1. The Morgan fingerprint density at radius 1 is 1.07 bits per heavy atom. The second-order valence-corrected chi connectivity index (χ2v) is 8.20. The van der Waals surface area contributed by atoms with Gasteiger partial charge < -0.3 is 5.32 Å². The maximum absolute atomic E-state index is 12.5. The van der Waals surface area contributed by atoms with Crippen LogP contribution >= 0.6 is 0 Å². The Morgan fingerprint density at radius 2 is 1.90 bits per heavy atom. The van der Waals surface area contributed by atoms with Crippen molar-refractivity contribution >= 4 is 27.5 Å². The Hall–Kier alpha value is -3.46. The number of carbonyl (C=O) groups excluding carboxylic acids is 1. The summed E-state index contributed by atoms with van der Waals surface area (Å²) >= 11 is 0. The molecule has 0 fully saturated rings. The first-order valence-corrected chi connectivity index (χ1v) is 10.6. The lowest BCUT2D eigenvalue weighted by atomic mass is 10.2. The Bertz CT molecular complexity index is 1150. The van der Waals surface area contributed by atoms with E-state index in [1.54, 1.807) is 47.3 Å². The number of carbonyl (C=O) groups is 1. The molecule has 0 spiro atoms. The molecule has 1 amide bonds. The molecule has 0 aliphatic carbocycles. The molecule has 9 heteroatoms. The van der Waals surface area contributed by atoms with Crippen LogP contribution in [0.1, 0.15) is 23.2 Å². The molecule has 0 saturated carbocycles. The number of aromatic nitrogens is 2. The van der Waals surface area contributed by atoms with Crippen molar-refractivity contribution in [2.24, 2.45) is 4.99 Å². The van der Waals surface area contributed by atoms with E-state index in [0.717, 1.165) is 12.1 Å². The Labute approximate surface area is 168 Å². The molecule has 1 aliphatic rings. The number of hydrogen-bond acceptors (Lipinski definition) is 5. The number of amides is 1. The molecule has 3 aromatic rings. The summed E-state index contributed by atoms with van der Waals surface area (Å²) in [5.74, 6) is 0.136. The highest BCUT2D eigenvalue weighted by Gasteiger charge is 2.19. The maximum atomic E-state index is 12.5. The van der Waals surface area contributed by atoms with Crippen LogP contribution in [0.2, 0.25) is 0 Å². The van der Waals surface area contributed by atoms with Crippen molar-refractivity contribution in [3.8, 4) is 5.69 Å². The van der Waals surface area contributed by atoms with E-state index in [2.05, 4.69) is 20.1 Å². The van der Waals surface area contributed by atoms with Crippen LogP contribution in [-0.4, -0.2) is 36.5 Å². The van der Waals surface area contributed by atoms with Crippen LogP contribution in [0.4, 0.5) is 5.69 Å². The molecule has 2 aromatic carbocycles. The molecule has 148 valence electrons. The summed E-state index contributed by atoms with van der Waals surface area (Å²) in [6.07, 6.45) is 4.94. The average molecular weight is 409 g/mol. The highest BCUT2D eigenvalue weighted by molar-refractivity contribution is 7.90. The molecule has 0 bridgehead atoms. The molecule has 0 saturated heterocycles. The highest BCUT2D eigenvalue weighted by Crippen LogP contribution is 2.18. The molecule has 4 rings (SSSR count). The maximum Gasteiger partial charge on any atom is 0.262 e. The Morgan fingerprint density at radius 3 is 2.59 bits per heavy atom. The first-order valence-electron chi connectivity index (χ1n) is 9.09. The van der Waals surface area contributed by atoms with Gasteiger partial charge in [0.1, 0.15) is 5.84 Å². The predicted molar refractivity (Wildman–Crippen MR) is 110 cm³/mol. The van der Waals surface area contributed by atoms with Crippen LogP contribution in [0.15, 0.2) is 76.9 Å². The molecule has 0 unspecified atom stereocenters. The molecule has 0 radical (unpaired) electrons. The van der Waals surface area contributed by atoms with Crippen LogP contribution in [0.25, 0.3) is 5.69 Å². The van der Waals surface area contributed by atoms with Crippen LogP contribution in [0.5, 0.6) is 0 Å². The van der Waals surface area contributed by atoms with Crippen molar-refractivity contribution in [3.05, 3.63) is 72.6 Å². The third-order valence-corrected chi connectivity index (χ3v) is 5.81. The van der Waals surface area contributed by atoms with Gasteiger partial charge in [0.25, 0.3) is 15.9 Å². The van der Waals surface area contributed by atoms with E-state index in [1.165, 1.54) is 12.1 Å². The molecule has 29 heavy (non-hydrogen) atoms. The third kappa shape index (κ3) is 4.35. The first-order chi connectivity index (χ1) is 14.0. The number of anilines is 1. The Kier molecular flexibility index (Phi) is 5.13. The van der Waals surface area contributed by atoms with E-state index in [4.69, 9.17) is 0 Å². The van der Waals surface area contributed by atoms with Gasteiger partial charge in [0, 0.05) is 36.6 Å². The zero-order valence-corrected chi connectivity index (χ0v) is 16.3. The van der Waals surface area contributed by atoms with Crippen molar-refractivity contribution in [3.63, 3.8) is 0 Å². The number of nitrogens with zero attached hydrogens (tertiary/aromatic N) is 3. The van der Waals surface area contributed by atoms with E-state index in [0.29, 0.717) is 30.1 Å². The number of sulfonamides is 1. The molecule has 8 nitrogen and oxygen atoms in total. The zero-order valence-electron chi connectivity index (χ0n) is 15.4. The van der Waals surface area contributed by atoms with Gasteiger partial charge in [0.15, 0.2) is 0 Å². The summed E-state index contributed by atoms with van der Waals surface area (Å²) in [4.78, 5) is 16.7. The smallest absolute Gasteiger partial charge is 0.262 e. The van der Waals surface area contributed by atoms with Gasteiger partial charge in [0.2, 0.25) is 0 Å². The Balaban J connectivity index is 1.48. The minimum absolute atomic E-state index is 0.0685. The second-order valence-electron chi connectivity index (χ2n) is 6.52. The second kappa shape index (κ2) is 7.88. The van der Waals surface area contributed by atoms with Gasteiger partial charge in [-0.1, -0.05) is 6.07 Å². The van der Waals surface area contributed by atoms with Crippen molar-refractivity contribution in [2.45, 2.75) is 17.7 Å². The molecule has 0 atom stereocenters. The van der Waals surface area contributed by atoms with Gasteiger partial charge in [-0.05, 0) is 55.0 Å². The average Bonchev–Trinajstić information content (AvgIpc) is 3.42. The number of aliphatic imine (C=N–C) groups is 1. The van der Waals surface area contributed by atoms with Crippen LogP contribution < -0.4 is 10.0 Å². The number of hydrogen-bond donors (Lipinski definition) is 2. The fraction of sp³-hybridized carbons (Fsp3) is 0.150. The quantitative estimate of drug-likeness (QED) is 0.676. The first kappa shape index (κ1) is 18.9. The predicted octanol–water partition coefficient (Wildman–Crippen LogP) is 2.60. The van der Waals surface area contributed by atoms with E-state index in [1.807, 2.05) is 12.3 Å². The van der Waals surface area contributed by atoms with E-state index in [-0.39, 0.29) is 10.8 Å². The van der Waals surface area contributed by atoms with Gasteiger partial charge in [-0.15, -0.1) is 0 Å².